The molecule has 0 aliphatic carbocycles. The van der Waals surface area contributed by atoms with Gasteiger partial charge in [0.15, 0.2) is 0 Å². The van der Waals surface area contributed by atoms with Crippen LogP contribution in [0.3, 0.4) is 0 Å². The quantitative estimate of drug-likeness (QED) is 0.582. The molecule has 0 N–H and O–H groups in total. The standard InChI is InChI=1S/C12H10N2S/c15-8-4-3-5-10-9-13-11-6-1-2-7-12(11)14-10/h1-2,6-7,9,15H,4,8H2. The van der Waals surface area contributed by atoms with E-state index in [4.69, 9.17) is 0 Å². The van der Waals surface area contributed by atoms with Gasteiger partial charge in [0.25, 0.3) is 0 Å². The van der Waals surface area contributed by atoms with Crippen LogP contribution in [-0.4, -0.2) is 15.7 Å². The van der Waals surface area contributed by atoms with Crippen molar-refractivity contribution in [3.8, 4) is 11.8 Å². The molecule has 0 amide bonds. The van der Waals surface area contributed by atoms with E-state index in [9.17, 15) is 0 Å². The van der Waals surface area contributed by atoms with Crippen LogP contribution in [0.2, 0.25) is 0 Å². The molecule has 0 aliphatic rings. The topological polar surface area (TPSA) is 25.8 Å². The summed E-state index contributed by atoms with van der Waals surface area (Å²) in [5.74, 6) is 6.72. The highest BCUT2D eigenvalue weighted by atomic mass is 32.1. The summed E-state index contributed by atoms with van der Waals surface area (Å²) in [5.41, 5.74) is 2.50. The minimum atomic E-state index is 0.718. The molecule has 2 rings (SSSR count). The average molecular weight is 214 g/mol. The molecule has 1 heterocycles. The van der Waals surface area contributed by atoms with Gasteiger partial charge in [0.2, 0.25) is 0 Å². The van der Waals surface area contributed by atoms with Crippen molar-refractivity contribution < 1.29 is 0 Å². The SMILES string of the molecule is SCCC#Cc1cnc2ccccc2n1. The van der Waals surface area contributed by atoms with E-state index in [-0.39, 0.29) is 0 Å². The van der Waals surface area contributed by atoms with Crippen LogP contribution in [0.25, 0.3) is 11.0 Å². The van der Waals surface area contributed by atoms with Crippen LogP contribution in [0, 0.1) is 11.8 Å². The summed E-state index contributed by atoms with van der Waals surface area (Å²) in [6.07, 6.45) is 2.48. The van der Waals surface area contributed by atoms with E-state index in [2.05, 4.69) is 34.4 Å². The number of thiol groups is 1. The highest BCUT2D eigenvalue weighted by molar-refractivity contribution is 7.80. The minimum absolute atomic E-state index is 0.718. The number of benzene rings is 1. The first-order valence-electron chi connectivity index (χ1n) is 4.71. The highest BCUT2D eigenvalue weighted by Crippen LogP contribution is 2.07. The van der Waals surface area contributed by atoms with Crippen molar-refractivity contribution in [2.75, 3.05) is 5.75 Å². The fourth-order valence-electron chi connectivity index (χ4n) is 1.23. The number of fused-ring (bicyclic) bond motifs is 1. The maximum atomic E-state index is 4.39. The van der Waals surface area contributed by atoms with Crippen LogP contribution in [0.15, 0.2) is 30.5 Å². The normalized spacial score (nSPS) is 9.67. The number of rotatable bonds is 1. The molecular formula is C12H10N2S. The first-order chi connectivity index (χ1) is 7.40. The van der Waals surface area contributed by atoms with Crippen molar-refractivity contribution >= 4 is 23.7 Å². The Morgan fingerprint density at radius 3 is 2.80 bits per heavy atom. The molecule has 1 aromatic heterocycles. The van der Waals surface area contributed by atoms with Gasteiger partial charge in [-0.3, -0.25) is 4.98 Å². The van der Waals surface area contributed by atoms with Gasteiger partial charge in [-0.25, -0.2) is 4.98 Å². The van der Waals surface area contributed by atoms with Crippen molar-refractivity contribution in [2.24, 2.45) is 0 Å². The summed E-state index contributed by atoms with van der Waals surface area (Å²) in [7, 11) is 0. The molecular weight excluding hydrogens is 204 g/mol. The Morgan fingerprint density at radius 1 is 1.20 bits per heavy atom. The molecule has 74 valence electrons. The van der Waals surface area contributed by atoms with Crippen LogP contribution in [0.4, 0.5) is 0 Å². The Kier molecular flexibility index (Phi) is 3.21. The number of nitrogens with zero attached hydrogens (tertiary/aromatic N) is 2. The summed E-state index contributed by atoms with van der Waals surface area (Å²) in [4.78, 5) is 8.66. The van der Waals surface area contributed by atoms with E-state index < -0.39 is 0 Å². The van der Waals surface area contributed by atoms with Crippen molar-refractivity contribution in [2.45, 2.75) is 6.42 Å². The van der Waals surface area contributed by atoms with E-state index in [1.165, 1.54) is 0 Å². The number of para-hydroxylation sites is 2. The lowest BCUT2D eigenvalue weighted by Crippen LogP contribution is -1.87. The van der Waals surface area contributed by atoms with Gasteiger partial charge < -0.3 is 0 Å². The first kappa shape index (κ1) is 10.0. The molecule has 3 heteroatoms. The third-order valence-corrected chi connectivity index (χ3v) is 2.13. The van der Waals surface area contributed by atoms with Crippen molar-refractivity contribution in [1.29, 1.82) is 0 Å². The lowest BCUT2D eigenvalue weighted by molar-refractivity contribution is 1.25. The summed E-state index contributed by atoms with van der Waals surface area (Å²) in [6, 6.07) is 7.77. The zero-order valence-electron chi connectivity index (χ0n) is 8.14. The second kappa shape index (κ2) is 4.81. The number of hydrogen-bond acceptors (Lipinski definition) is 3. The van der Waals surface area contributed by atoms with Gasteiger partial charge in [-0.1, -0.05) is 18.1 Å². The first-order valence-corrected chi connectivity index (χ1v) is 5.35. The molecule has 1 aromatic carbocycles. The predicted octanol–water partition coefficient (Wildman–Crippen LogP) is 2.30. The van der Waals surface area contributed by atoms with Gasteiger partial charge in [0.1, 0.15) is 5.69 Å². The van der Waals surface area contributed by atoms with Gasteiger partial charge in [-0.15, -0.1) is 0 Å². The van der Waals surface area contributed by atoms with Crippen LogP contribution in [0.1, 0.15) is 12.1 Å². The van der Waals surface area contributed by atoms with Crippen LogP contribution >= 0.6 is 12.6 Å². The average Bonchev–Trinajstić information content (AvgIpc) is 2.29. The Labute approximate surface area is 94.2 Å². The summed E-state index contributed by atoms with van der Waals surface area (Å²) in [6.45, 7) is 0. The molecule has 0 atom stereocenters. The molecule has 0 fully saturated rings. The third-order valence-electron chi connectivity index (χ3n) is 1.90. The Morgan fingerprint density at radius 2 is 2.00 bits per heavy atom. The van der Waals surface area contributed by atoms with E-state index in [0.29, 0.717) is 0 Å². The lowest BCUT2D eigenvalue weighted by Gasteiger charge is -1.95. The Bertz CT molecular complexity index is 526. The van der Waals surface area contributed by atoms with Crippen molar-refractivity contribution in [3.63, 3.8) is 0 Å². The molecule has 0 aliphatic heterocycles. The van der Waals surface area contributed by atoms with Crippen molar-refractivity contribution in [1.82, 2.24) is 9.97 Å². The number of aromatic nitrogens is 2. The second-order valence-electron chi connectivity index (χ2n) is 3.02. The van der Waals surface area contributed by atoms with E-state index in [1.807, 2.05) is 24.3 Å². The van der Waals surface area contributed by atoms with Gasteiger partial charge >= 0.3 is 0 Å². The summed E-state index contributed by atoms with van der Waals surface area (Å²) in [5, 5.41) is 0. The van der Waals surface area contributed by atoms with Crippen molar-refractivity contribution in [3.05, 3.63) is 36.2 Å². The highest BCUT2D eigenvalue weighted by Gasteiger charge is 1.95. The summed E-state index contributed by atoms with van der Waals surface area (Å²) >= 11 is 4.09. The second-order valence-corrected chi connectivity index (χ2v) is 3.47. The molecule has 2 nitrogen and oxygen atoms in total. The number of hydrogen-bond donors (Lipinski definition) is 1. The molecule has 0 radical (unpaired) electrons. The predicted molar refractivity (Wildman–Crippen MR) is 64.9 cm³/mol. The monoisotopic (exact) mass is 214 g/mol. The molecule has 0 spiro atoms. The zero-order valence-corrected chi connectivity index (χ0v) is 9.04. The molecule has 15 heavy (non-hydrogen) atoms. The molecule has 0 unspecified atom stereocenters. The van der Waals surface area contributed by atoms with E-state index in [1.54, 1.807) is 6.20 Å². The zero-order chi connectivity index (χ0) is 10.5. The lowest BCUT2D eigenvalue weighted by atomic mass is 10.3. The van der Waals surface area contributed by atoms with Gasteiger partial charge in [-0.05, 0) is 18.1 Å². The Hall–Kier alpha value is -1.53. The van der Waals surface area contributed by atoms with E-state index >= 15 is 0 Å². The third kappa shape index (κ3) is 2.48. The maximum absolute atomic E-state index is 4.39. The van der Waals surface area contributed by atoms with Gasteiger partial charge in [0, 0.05) is 12.2 Å². The van der Waals surface area contributed by atoms with Crippen LogP contribution < -0.4 is 0 Å². The fraction of sp³-hybridized carbons (Fsp3) is 0.167. The Balaban J connectivity index is 2.36. The van der Waals surface area contributed by atoms with E-state index in [0.717, 1.165) is 28.9 Å². The van der Waals surface area contributed by atoms with Gasteiger partial charge in [0.05, 0.1) is 17.2 Å². The maximum Gasteiger partial charge on any atom is 0.132 e. The summed E-state index contributed by atoms with van der Waals surface area (Å²) < 4.78 is 0. The largest absolute Gasteiger partial charge is 0.252 e. The molecule has 2 aromatic rings. The smallest absolute Gasteiger partial charge is 0.132 e. The van der Waals surface area contributed by atoms with Crippen LogP contribution in [-0.2, 0) is 0 Å². The minimum Gasteiger partial charge on any atom is -0.252 e. The molecule has 0 saturated carbocycles. The molecule has 0 bridgehead atoms. The van der Waals surface area contributed by atoms with Crippen LogP contribution in [0.5, 0.6) is 0 Å². The molecule has 0 saturated heterocycles. The van der Waals surface area contributed by atoms with Gasteiger partial charge in [-0.2, -0.15) is 12.6 Å². The fourth-order valence-corrected chi connectivity index (χ4v) is 1.34.